The average Bonchev–Trinajstić information content (AvgIpc) is 2.37. The molecular formula is C13H16F2O2S. The second-order valence-corrected chi connectivity index (χ2v) is 5.63. The Kier molecular flexibility index (Phi) is 5.75. The van der Waals surface area contributed by atoms with E-state index in [0.717, 1.165) is 12.1 Å². The number of ketones is 1. The molecule has 0 radical (unpaired) electrons. The number of carbonyl (C=O) groups excluding carboxylic acids is 1. The summed E-state index contributed by atoms with van der Waals surface area (Å²) in [6.45, 7) is 3.67. The van der Waals surface area contributed by atoms with Gasteiger partial charge in [0.25, 0.3) is 0 Å². The highest BCUT2D eigenvalue weighted by Gasteiger charge is 2.18. The fourth-order valence-corrected chi connectivity index (χ4v) is 2.33. The zero-order valence-corrected chi connectivity index (χ0v) is 11.1. The molecule has 1 aromatic rings. The lowest BCUT2D eigenvalue weighted by atomic mass is 10.1. The van der Waals surface area contributed by atoms with Crippen molar-refractivity contribution in [3.05, 3.63) is 35.4 Å². The number of rotatable bonds is 6. The van der Waals surface area contributed by atoms with Crippen molar-refractivity contribution in [1.29, 1.82) is 0 Å². The van der Waals surface area contributed by atoms with Crippen LogP contribution < -0.4 is 0 Å². The molecule has 0 aliphatic carbocycles. The normalized spacial score (nSPS) is 14.3. The summed E-state index contributed by atoms with van der Waals surface area (Å²) in [5, 5.41) is 8.54. The first kappa shape index (κ1) is 15.1. The van der Waals surface area contributed by atoms with Gasteiger partial charge in [0.2, 0.25) is 0 Å². The van der Waals surface area contributed by atoms with E-state index >= 15 is 0 Å². The van der Waals surface area contributed by atoms with Crippen molar-refractivity contribution in [2.24, 2.45) is 5.92 Å². The van der Waals surface area contributed by atoms with Crippen LogP contribution in [-0.4, -0.2) is 28.5 Å². The summed E-state index contributed by atoms with van der Waals surface area (Å²) in [6.07, 6.45) is 0. The quantitative estimate of drug-likeness (QED) is 0.810. The number of thioether (sulfide) groups is 1. The van der Waals surface area contributed by atoms with Crippen LogP contribution in [-0.2, 0) is 0 Å². The highest BCUT2D eigenvalue weighted by atomic mass is 32.2. The lowest BCUT2D eigenvalue weighted by Crippen LogP contribution is -2.16. The van der Waals surface area contributed by atoms with Crippen molar-refractivity contribution in [2.45, 2.75) is 19.1 Å². The van der Waals surface area contributed by atoms with Crippen LogP contribution in [0, 0.1) is 17.6 Å². The van der Waals surface area contributed by atoms with E-state index in [0.29, 0.717) is 5.75 Å². The van der Waals surface area contributed by atoms with E-state index in [-0.39, 0.29) is 29.1 Å². The summed E-state index contributed by atoms with van der Waals surface area (Å²) in [6, 6.07) is 3.16. The van der Waals surface area contributed by atoms with Crippen LogP contribution in [0.4, 0.5) is 8.78 Å². The Bertz CT molecular complexity index is 423. The molecule has 1 N–H and O–H groups in total. The van der Waals surface area contributed by atoms with E-state index in [9.17, 15) is 13.6 Å². The Balaban J connectivity index is 2.65. The summed E-state index contributed by atoms with van der Waals surface area (Å²) in [7, 11) is 0. The Morgan fingerprint density at radius 3 is 2.56 bits per heavy atom. The maximum absolute atomic E-state index is 13.0. The van der Waals surface area contributed by atoms with Gasteiger partial charge >= 0.3 is 0 Å². The Hall–Kier alpha value is -0.940. The molecule has 2 nitrogen and oxygen atoms in total. The van der Waals surface area contributed by atoms with Crippen LogP contribution in [0.3, 0.4) is 0 Å². The van der Waals surface area contributed by atoms with E-state index < -0.39 is 11.6 Å². The molecule has 0 fully saturated rings. The fraction of sp³-hybridized carbons (Fsp3) is 0.462. The number of aliphatic hydroxyl groups excluding tert-OH is 1. The first-order valence-corrected chi connectivity index (χ1v) is 6.72. The molecule has 1 aromatic carbocycles. The Morgan fingerprint density at radius 2 is 2.00 bits per heavy atom. The molecule has 18 heavy (non-hydrogen) atoms. The van der Waals surface area contributed by atoms with Crippen molar-refractivity contribution < 1.29 is 18.7 Å². The van der Waals surface area contributed by atoms with Crippen molar-refractivity contribution in [3.8, 4) is 0 Å². The molecule has 0 aliphatic heterocycles. The molecule has 0 saturated heterocycles. The summed E-state index contributed by atoms with van der Waals surface area (Å²) >= 11 is 1.40. The van der Waals surface area contributed by atoms with Crippen LogP contribution in [0.15, 0.2) is 18.2 Å². The predicted molar refractivity (Wildman–Crippen MR) is 68.9 cm³/mol. The number of hydrogen-bond acceptors (Lipinski definition) is 3. The third-order valence-electron chi connectivity index (χ3n) is 2.52. The molecule has 1 rings (SSSR count). The summed E-state index contributed by atoms with van der Waals surface area (Å²) in [5.74, 6) is -1.45. The largest absolute Gasteiger partial charge is 0.396 e. The highest BCUT2D eigenvalue weighted by Crippen LogP contribution is 2.20. The van der Waals surface area contributed by atoms with Gasteiger partial charge in [-0.2, -0.15) is 11.8 Å². The zero-order chi connectivity index (χ0) is 13.7. The van der Waals surface area contributed by atoms with Gasteiger partial charge in [0, 0.05) is 12.2 Å². The number of carbonyl (C=O) groups is 1. The molecule has 0 saturated carbocycles. The van der Waals surface area contributed by atoms with Crippen LogP contribution in [0.5, 0.6) is 0 Å². The fourth-order valence-electron chi connectivity index (χ4n) is 1.32. The van der Waals surface area contributed by atoms with E-state index in [4.69, 9.17) is 5.11 Å². The number of halogens is 2. The number of Topliss-reactive ketones (excluding diaryl/α,β-unsaturated/α-hetero) is 1. The van der Waals surface area contributed by atoms with Crippen molar-refractivity contribution in [1.82, 2.24) is 0 Å². The maximum Gasteiger partial charge on any atom is 0.175 e. The van der Waals surface area contributed by atoms with Gasteiger partial charge in [-0.05, 0) is 36.8 Å². The standard InChI is InChI=1S/C13H16F2O2S/c1-8(6-16)7-18-9(2)13(17)10-3-4-11(14)12(15)5-10/h3-5,8-9,16H,6-7H2,1-2H3. The molecule has 2 atom stereocenters. The van der Waals surface area contributed by atoms with Crippen LogP contribution >= 0.6 is 11.8 Å². The van der Waals surface area contributed by atoms with E-state index in [1.54, 1.807) is 6.92 Å². The van der Waals surface area contributed by atoms with Gasteiger partial charge in [-0.1, -0.05) is 6.92 Å². The molecule has 0 amide bonds. The molecule has 0 aliphatic rings. The van der Waals surface area contributed by atoms with Crippen LogP contribution in [0.25, 0.3) is 0 Å². The minimum absolute atomic E-state index is 0.0685. The van der Waals surface area contributed by atoms with Crippen molar-refractivity contribution in [3.63, 3.8) is 0 Å². The predicted octanol–water partition coefficient (Wildman–Crippen LogP) is 2.90. The molecule has 2 unspecified atom stereocenters. The minimum Gasteiger partial charge on any atom is -0.396 e. The lowest BCUT2D eigenvalue weighted by molar-refractivity contribution is 0.0993. The smallest absolute Gasteiger partial charge is 0.175 e. The SMILES string of the molecule is CC(CO)CSC(C)C(=O)c1ccc(F)c(F)c1. The average molecular weight is 274 g/mol. The second-order valence-electron chi connectivity index (χ2n) is 4.26. The van der Waals surface area contributed by atoms with E-state index in [1.165, 1.54) is 17.8 Å². The molecule has 5 heteroatoms. The van der Waals surface area contributed by atoms with Crippen LogP contribution in [0.1, 0.15) is 24.2 Å². The van der Waals surface area contributed by atoms with Gasteiger partial charge in [0.15, 0.2) is 17.4 Å². The molecule has 100 valence electrons. The monoisotopic (exact) mass is 274 g/mol. The minimum atomic E-state index is -1.01. The van der Waals surface area contributed by atoms with E-state index in [2.05, 4.69) is 0 Å². The van der Waals surface area contributed by atoms with Gasteiger partial charge in [0.05, 0.1) is 5.25 Å². The number of hydrogen-bond donors (Lipinski definition) is 1. The molecular weight excluding hydrogens is 258 g/mol. The second kappa shape index (κ2) is 6.85. The van der Waals surface area contributed by atoms with Crippen molar-refractivity contribution >= 4 is 17.5 Å². The first-order chi connectivity index (χ1) is 8.45. The highest BCUT2D eigenvalue weighted by molar-refractivity contribution is 8.00. The molecule has 0 bridgehead atoms. The number of aliphatic hydroxyl groups is 1. The number of benzene rings is 1. The zero-order valence-electron chi connectivity index (χ0n) is 10.3. The summed E-state index contributed by atoms with van der Waals surface area (Å²) in [5.41, 5.74) is 0.172. The maximum atomic E-state index is 13.0. The van der Waals surface area contributed by atoms with E-state index in [1.807, 2.05) is 6.92 Å². The Morgan fingerprint density at radius 1 is 1.33 bits per heavy atom. The van der Waals surface area contributed by atoms with Gasteiger partial charge in [0.1, 0.15) is 0 Å². The summed E-state index contributed by atoms with van der Waals surface area (Å²) < 4.78 is 25.7. The van der Waals surface area contributed by atoms with Gasteiger partial charge in [-0.15, -0.1) is 0 Å². The van der Waals surface area contributed by atoms with Gasteiger partial charge < -0.3 is 5.11 Å². The molecule has 0 spiro atoms. The third-order valence-corrected chi connectivity index (χ3v) is 3.99. The molecule has 0 heterocycles. The van der Waals surface area contributed by atoms with Gasteiger partial charge in [-0.3, -0.25) is 4.79 Å². The topological polar surface area (TPSA) is 37.3 Å². The van der Waals surface area contributed by atoms with Crippen molar-refractivity contribution in [2.75, 3.05) is 12.4 Å². The van der Waals surface area contributed by atoms with Crippen LogP contribution in [0.2, 0.25) is 0 Å². The lowest BCUT2D eigenvalue weighted by Gasteiger charge is -2.13. The third kappa shape index (κ3) is 4.07. The first-order valence-electron chi connectivity index (χ1n) is 5.67. The molecule has 0 aromatic heterocycles. The van der Waals surface area contributed by atoms with Gasteiger partial charge in [-0.25, -0.2) is 8.78 Å². The Labute approximate surface area is 109 Å². The summed E-state index contributed by atoms with van der Waals surface area (Å²) in [4.78, 5) is 11.9.